The predicted molar refractivity (Wildman–Crippen MR) is 58.3 cm³/mol. The van der Waals surface area contributed by atoms with Crippen LogP contribution in [0.3, 0.4) is 0 Å². The van der Waals surface area contributed by atoms with E-state index in [2.05, 4.69) is 15.1 Å². The normalized spacial score (nSPS) is 10.3. The second-order valence-electron chi connectivity index (χ2n) is 3.18. The van der Waals surface area contributed by atoms with Gasteiger partial charge in [-0.1, -0.05) is 0 Å². The van der Waals surface area contributed by atoms with Gasteiger partial charge >= 0.3 is 0 Å². The van der Waals surface area contributed by atoms with Gasteiger partial charge in [0.1, 0.15) is 18.4 Å². The van der Waals surface area contributed by atoms with Crippen LogP contribution in [-0.4, -0.2) is 32.9 Å². The summed E-state index contributed by atoms with van der Waals surface area (Å²) in [6.07, 6.45) is 5.56. The lowest BCUT2D eigenvalue weighted by Crippen LogP contribution is -2.06. The summed E-state index contributed by atoms with van der Waals surface area (Å²) < 4.78 is 7.02. The van der Waals surface area contributed by atoms with E-state index in [1.807, 2.05) is 12.1 Å². The molecule has 0 atom stereocenters. The summed E-state index contributed by atoms with van der Waals surface area (Å²) in [5.74, 6) is 1.45. The van der Waals surface area contributed by atoms with Gasteiger partial charge in [0.05, 0.1) is 12.8 Å². The minimum Gasteiger partial charge on any atom is -0.492 e. The Morgan fingerprint density at radius 1 is 1.38 bits per heavy atom. The van der Waals surface area contributed by atoms with Crippen LogP contribution in [0.4, 0.5) is 0 Å². The first-order valence-electron chi connectivity index (χ1n) is 5.04. The van der Waals surface area contributed by atoms with E-state index >= 15 is 0 Å². The first kappa shape index (κ1) is 10.6. The van der Waals surface area contributed by atoms with Gasteiger partial charge in [0.25, 0.3) is 0 Å². The second kappa shape index (κ2) is 5.22. The predicted octanol–water partition coefficient (Wildman–Crippen LogP) is 0.390. The molecule has 2 aromatic heterocycles. The Morgan fingerprint density at radius 3 is 2.94 bits per heavy atom. The molecule has 0 aromatic carbocycles. The molecule has 2 heterocycles. The molecule has 0 saturated heterocycles. The smallest absolute Gasteiger partial charge is 0.155 e. The number of pyridine rings is 1. The zero-order valence-electron chi connectivity index (χ0n) is 8.78. The number of aromatic nitrogens is 4. The summed E-state index contributed by atoms with van der Waals surface area (Å²) in [6.45, 7) is 1.24. The summed E-state index contributed by atoms with van der Waals surface area (Å²) in [7, 11) is 0. The number of nitrogens with two attached hydrogens (primary N) is 1. The molecule has 6 heteroatoms. The molecule has 2 rings (SSSR count). The summed E-state index contributed by atoms with van der Waals surface area (Å²) in [5, 5.41) is 3.98. The molecule has 0 unspecified atom stereocenters. The van der Waals surface area contributed by atoms with Crippen LogP contribution in [0.5, 0.6) is 5.75 Å². The van der Waals surface area contributed by atoms with Gasteiger partial charge in [-0.2, -0.15) is 5.10 Å². The molecule has 0 spiro atoms. The van der Waals surface area contributed by atoms with Crippen LogP contribution in [-0.2, 0) is 0 Å². The molecule has 16 heavy (non-hydrogen) atoms. The van der Waals surface area contributed by atoms with Gasteiger partial charge in [0.15, 0.2) is 5.82 Å². The molecular weight excluding hydrogens is 206 g/mol. The van der Waals surface area contributed by atoms with E-state index in [0.29, 0.717) is 19.0 Å². The van der Waals surface area contributed by atoms with Gasteiger partial charge in [-0.05, 0) is 25.1 Å². The summed E-state index contributed by atoms with van der Waals surface area (Å²) in [4.78, 5) is 8.05. The Kier molecular flexibility index (Phi) is 3.45. The first-order valence-corrected chi connectivity index (χ1v) is 5.04. The molecule has 6 nitrogen and oxygen atoms in total. The Bertz CT molecular complexity index is 411. The monoisotopic (exact) mass is 219 g/mol. The van der Waals surface area contributed by atoms with Crippen molar-refractivity contribution in [2.24, 2.45) is 5.73 Å². The van der Waals surface area contributed by atoms with Crippen molar-refractivity contribution < 1.29 is 4.74 Å². The van der Waals surface area contributed by atoms with Gasteiger partial charge in [-0.3, -0.25) is 0 Å². The Morgan fingerprint density at radius 2 is 2.31 bits per heavy atom. The van der Waals surface area contributed by atoms with Crippen LogP contribution < -0.4 is 10.5 Å². The fourth-order valence-corrected chi connectivity index (χ4v) is 1.19. The Hall–Kier alpha value is -1.95. The molecule has 0 aliphatic heterocycles. The van der Waals surface area contributed by atoms with Gasteiger partial charge in [-0.15, -0.1) is 0 Å². The minimum absolute atomic E-state index is 0.612. The first-order chi connectivity index (χ1) is 7.90. The maximum Gasteiger partial charge on any atom is 0.155 e. The molecule has 0 bridgehead atoms. The van der Waals surface area contributed by atoms with Gasteiger partial charge < -0.3 is 10.5 Å². The molecule has 0 fully saturated rings. The van der Waals surface area contributed by atoms with Crippen molar-refractivity contribution in [2.45, 2.75) is 6.42 Å². The SMILES string of the molecule is NCCCOc1ccc(-n2cncn2)nc1. The van der Waals surface area contributed by atoms with E-state index in [4.69, 9.17) is 10.5 Å². The molecule has 0 aliphatic rings. The Labute approximate surface area is 93.1 Å². The molecule has 0 aliphatic carbocycles. The van der Waals surface area contributed by atoms with Gasteiger partial charge in [0, 0.05) is 0 Å². The van der Waals surface area contributed by atoms with Crippen LogP contribution in [0.1, 0.15) is 6.42 Å². The van der Waals surface area contributed by atoms with E-state index in [0.717, 1.165) is 12.2 Å². The average molecular weight is 219 g/mol. The van der Waals surface area contributed by atoms with Crippen LogP contribution in [0.25, 0.3) is 5.82 Å². The third kappa shape index (κ3) is 2.54. The third-order valence-electron chi connectivity index (χ3n) is 1.99. The fraction of sp³-hybridized carbons (Fsp3) is 0.300. The van der Waals surface area contributed by atoms with E-state index in [1.54, 1.807) is 17.2 Å². The maximum atomic E-state index is 5.43. The molecule has 0 amide bonds. The molecule has 2 aromatic rings. The lowest BCUT2D eigenvalue weighted by molar-refractivity contribution is 0.312. The largest absolute Gasteiger partial charge is 0.492 e. The highest BCUT2D eigenvalue weighted by molar-refractivity contribution is 5.27. The number of rotatable bonds is 5. The third-order valence-corrected chi connectivity index (χ3v) is 1.99. The van der Waals surface area contributed by atoms with Crippen molar-refractivity contribution in [3.63, 3.8) is 0 Å². The topological polar surface area (TPSA) is 78.9 Å². The zero-order valence-corrected chi connectivity index (χ0v) is 8.78. The highest BCUT2D eigenvalue weighted by atomic mass is 16.5. The average Bonchev–Trinajstić information content (AvgIpc) is 2.84. The lowest BCUT2D eigenvalue weighted by Gasteiger charge is -2.05. The highest BCUT2D eigenvalue weighted by Gasteiger charge is 1.99. The van der Waals surface area contributed by atoms with Crippen molar-refractivity contribution in [3.8, 4) is 11.6 Å². The van der Waals surface area contributed by atoms with Gasteiger partial charge in [0.2, 0.25) is 0 Å². The number of ether oxygens (including phenoxy) is 1. The number of hydrogen-bond donors (Lipinski definition) is 1. The summed E-state index contributed by atoms with van der Waals surface area (Å²) in [5.41, 5.74) is 5.37. The molecule has 0 radical (unpaired) electrons. The van der Waals surface area contributed by atoms with Crippen molar-refractivity contribution in [3.05, 3.63) is 31.0 Å². The van der Waals surface area contributed by atoms with E-state index in [-0.39, 0.29) is 0 Å². The zero-order chi connectivity index (χ0) is 11.2. The molecule has 0 saturated carbocycles. The van der Waals surface area contributed by atoms with E-state index in [9.17, 15) is 0 Å². The number of hydrogen-bond acceptors (Lipinski definition) is 5. The van der Waals surface area contributed by atoms with Crippen LogP contribution in [0.2, 0.25) is 0 Å². The summed E-state index contributed by atoms with van der Waals surface area (Å²) >= 11 is 0. The van der Waals surface area contributed by atoms with Crippen LogP contribution >= 0.6 is 0 Å². The van der Waals surface area contributed by atoms with Crippen molar-refractivity contribution in [1.29, 1.82) is 0 Å². The highest BCUT2D eigenvalue weighted by Crippen LogP contribution is 2.10. The van der Waals surface area contributed by atoms with Crippen LogP contribution in [0.15, 0.2) is 31.0 Å². The lowest BCUT2D eigenvalue weighted by atomic mass is 10.4. The summed E-state index contributed by atoms with van der Waals surface area (Å²) in [6, 6.07) is 3.67. The number of nitrogens with zero attached hydrogens (tertiary/aromatic N) is 4. The van der Waals surface area contributed by atoms with Crippen molar-refractivity contribution >= 4 is 0 Å². The molecular formula is C10H13N5O. The molecule has 84 valence electrons. The van der Waals surface area contributed by atoms with Crippen molar-refractivity contribution in [2.75, 3.05) is 13.2 Å². The maximum absolute atomic E-state index is 5.43. The van der Waals surface area contributed by atoms with Gasteiger partial charge in [-0.25, -0.2) is 14.6 Å². The standard InChI is InChI=1S/C10H13N5O/c11-4-1-5-16-9-2-3-10(13-6-9)15-8-12-7-14-15/h2-3,6-8H,1,4-5,11H2. The van der Waals surface area contributed by atoms with Crippen molar-refractivity contribution in [1.82, 2.24) is 19.7 Å². The van der Waals surface area contributed by atoms with Crippen LogP contribution in [0, 0.1) is 0 Å². The molecule has 2 N–H and O–H groups in total. The second-order valence-corrected chi connectivity index (χ2v) is 3.18. The quantitative estimate of drug-likeness (QED) is 0.736. The van der Waals surface area contributed by atoms with E-state index in [1.165, 1.54) is 6.33 Å². The Balaban J connectivity index is 2.00. The minimum atomic E-state index is 0.612. The van der Waals surface area contributed by atoms with E-state index < -0.39 is 0 Å². The fourth-order valence-electron chi connectivity index (χ4n) is 1.19.